The molecule has 0 atom stereocenters. The van der Waals surface area contributed by atoms with E-state index in [1.54, 1.807) is 0 Å². The van der Waals surface area contributed by atoms with Crippen LogP contribution in [0.25, 0.3) is 0 Å². The Kier molecular flexibility index (Phi) is 3.66. The van der Waals surface area contributed by atoms with Crippen LogP contribution in [-0.2, 0) is 15.3 Å². The van der Waals surface area contributed by atoms with Crippen LogP contribution in [0.15, 0.2) is 48.5 Å². The van der Waals surface area contributed by atoms with Crippen LogP contribution in [0.1, 0.15) is 12.5 Å². The zero-order valence-corrected chi connectivity index (χ0v) is 12.0. The Morgan fingerprint density at radius 1 is 0.950 bits per heavy atom. The molecule has 3 rings (SSSR count). The van der Waals surface area contributed by atoms with Crippen LogP contribution in [0.2, 0.25) is 5.02 Å². The standard InChI is InChI=1S/C16H16ClNO2/c1-16(19-10-11-20-16)12-6-2-4-8-14(12)18-15-9-5-3-7-13(15)17/h2-9,18H,10-11H2,1H3. The van der Waals surface area contributed by atoms with E-state index in [1.165, 1.54) is 0 Å². The number of nitrogens with one attached hydrogen (secondary N) is 1. The van der Waals surface area contributed by atoms with Gasteiger partial charge in [-0.2, -0.15) is 0 Å². The van der Waals surface area contributed by atoms with Crippen LogP contribution in [0.3, 0.4) is 0 Å². The molecule has 20 heavy (non-hydrogen) atoms. The van der Waals surface area contributed by atoms with Crippen molar-refractivity contribution in [3.05, 3.63) is 59.1 Å². The number of ether oxygens (including phenoxy) is 2. The van der Waals surface area contributed by atoms with E-state index in [-0.39, 0.29) is 0 Å². The number of rotatable bonds is 3. The summed E-state index contributed by atoms with van der Waals surface area (Å²) < 4.78 is 11.5. The first-order valence-corrected chi connectivity index (χ1v) is 6.96. The van der Waals surface area contributed by atoms with E-state index in [0.717, 1.165) is 16.9 Å². The molecule has 2 aromatic rings. The van der Waals surface area contributed by atoms with Crippen molar-refractivity contribution in [2.75, 3.05) is 18.5 Å². The molecule has 0 aliphatic carbocycles. The van der Waals surface area contributed by atoms with Crippen molar-refractivity contribution in [3.63, 3.8) is 0 Å². The van der Waals surface area contributed by atoms with Crippen molar-refractivity contribution in [2.45, 2.75) is 12.7 Å². The summed E-state index contributed by atoms with van der Waals surface area (Å²) in [5.74, 6) is -0.704. The summed E-state index contributed by atoms with van der Waals surface area (Å²) in [6, 6.07) is 15.6. The number of benzene rings is 2. The van der Waals surface area contributed by atoms with E-state index >= 15 is 0 Å². The van der Waals surface area contributed by atoms with Gasteiger partial charge in [-0.15, -0.1) is 0 Å². The maximum Gasteiger partial charge on any atom is 0.194 e. The minimum Gasteiger partial charge on any atom is -0.354 e. The highest BCUT2D eigenvalue weighted by molar-refractivity contribution is 6.33. The zero-order valence-electron chi connectivity index (χ0n) is 11.2. The molecule has 2 aromatic carbocycles. The lowest BCUT2D eigenvalue weighted by Gasteiger charge is -2.26. The maximum atomic E-state index is 6.20. The molecule has 1 aliphatic heterocycles. The number of halogens is 1. The first-order valence-electron chi connectivity index (χ1n) is 6.58. The van der Waals surface area contributed by atoms with Gasteiger partial charge in [0.2, 0.25) is 0 Å². The Morgan fingerprint density at radius 2 is 1.55 bits per heavy atom. The maximum absolute atomic E-state index is 6.20. The Morgan fingerprint density at radius 3 is 2.25 bits per heavy atom. The number of anilines is 2. The molecule has 4 heteroatoms. The molecule has 1 N–H and O–H groups in total. The molecule has 0 radical (unpaired) electrons. The molecule has 0 saturated carbocycles. The average molecular weight is 290 g/mol. The molecule has 0 bridgehead atoms. The molecule has 0 amide bonds. The third-order valence-electron chi connectivity index (χ3n) is 3.40. The van der Waals surface area contributed by atoms with Crippen molar-refractivity contribution in [1.82, 2.24) is 0 Å². The number of hydrogen-bond donors (Lipinski definition) is 1. The molecule has 1 aliphatic rings. The molecular formula is C16H16ClNO2. The number of para-hydroxylation sites is 2. The minimum absolute atomic E-state index is 0.608. The normalized spacial score (nSPS) is 17.1. The Balaban J connectivity index is 1.96. The van der Waals surface area contributed by atoms with Crippen LogP contribution in [0, 0.1) is 0 Å². The van der Waals surface area contributed by atoms with Gasteiger partial charge in [0, 0.05) is 11.3 Å². The van der Waals surface area contributed by atoms with Gasteiger partial charge >= 0.3 is 0 Å². The van der Waals surface area contributed by atoms with E-state index in [1.807, 2.05) is 55.5 Å². The minimum atomic E-state index is -0.704. The second-order valence-electron chi connectivity index (χ2n) is 4.79. The second-order valence-corrected chi connectivity index (χ2v) is 5.20. The summed E-state index contributed by atoms with van der Waals surface area (Å²) in [6.45, 7) is 3.15. The average Bonchev–Trinajstić information content (AvgIpc) is 2.90. The van der Waals surface area contributed by atoms with Gasteiger partial charge < -0.3 is 14.8 Å². The van der Waals surface area contributed by atoms with Gasteiger partial charge in [0.15, 0.2) is 5.79 Å². The topological polar surface area (TPSA) is 30.5 Å². The highest BCUT2D eigenvalue weighted by atomic mass is 35.5. The summed E-state index contributed by atoms with van der Waals surface area (Å²) in [5, 5.41) is 4.03. The molecular weight excluding hydrogens is 274 g/mol. The van der Waals surface area contributed by atoms with Crippen LogP contribution < -0.4 is 5.32 Å². The fraction of sp³-hybridized carbons (Fsp3) is 0.250. The summed E-state index contributed by atoms with van der Waals surface area (Å²) >= 11 is 6.20. The summed E-state index contributed by atoms with van der Waals surface area (Å²) in [4.78, 5) is 0. The van der Waals surface area contributed by atoms with E-state index < -0.39 is 5.79 Å². The van der Waals surface area contributed by atoms with E-state index in [2.05, 4.69) is 5.32 Å². The Bertz CT molecular complexity index is 609. The monoisotopic (exact) mass is 289 g/mol. The molecule has 1 fully saturated rings. The fourth-order valence-electron chi connectivity index (χ4n) is 2.37. The smallest absolute Gasteiger partial charge is 0.194 e. The second kappa shape index (κ2) is 5.44. The Labute approximate surface area is 123 Å². The highest BCUT2D eigenvalue weighted by Crippen LogP contribution is 2.37. The first-order chi connectivity index (χ1) is 9.69. The molecule has 3 nitrogen and oxygen atoms in total. The summed E-state index contributed by atoms with van der Waals surface area (Å²) in [5.41, 5.74) is 2.77. The molecule has 1 heterocycles. The van der Waals surface area contributed by atoms with Crippen LogP contribution in [0.4, 0.5) is 11.4 Å². The van der Waals surface area contributed by atoms with E-state index in [9.17, 15) is 0 Å². The van der Waals surface area contributed by atoms with Crippen LogP contribution >= 0.6 is 11.6 Å². The van der Waals surface area contributed by atoms with Crippen molar-refractivity contribution < 1.29 is 9.47 Å². The van der Waals surface area contributed by atoms with E-state index in [4.69, 9.17) is 21.1 Å². The van der Waals surface area contributed by atoms with Crippen molar-refractivity contribution in [2.24, 2.45) is 0 Å². The van der Waals surface area contributed by atoms with Crippen molar-refractivity contribution in [1.29, 1.82) is 0 Å². The van der Waals surface area contributed by atoms with Gasteiger partial charge in [-0.05, 0) is 25.1 Å². The molecule has 1 saturated heterocycles. The molecule has 0 aromatic heterocycles. The predicted octanol–water partition coefficient (Wildman–Crippen LogP) is 4.30. The summed E-state index contributed by atoms with van der Waals surface area (Å²) in [6.07, 6.45) is 0. The van der Waals surface area contributed by atoms with Crippen LogP contribution in [0.5, 0.6) is 0 Å². The van der Waals surface area contributed by atoms with Gasteiger partial charge in [0.1, 0.15) is 0 Å². The quantitative estimate of drug-likeness (QED) is 0.913. The molecule has 104 valence electrons. The van der Waals surface area contributed by atoms with Gasteiger partial charge in [-0.3, -0.25) is 0 Å². The third kappa shape index (κ3) is 2.52. The largest absolute Gasteiger partial charge is 0.354 e. The first kappa shape index (κ1) is 13.4. The van der Waals surface area contributed by atoms with Crippen LogP contribution in [-0.4, -0.2) is 13.2 Å². The van der Waals surface area contributed by atoms with E-state index in [0.29, 0.717) is 18.2 Å². The molecule has 0 unspecified atom stereocenters. The number of hydrogen-bond acceptors (Lipinski definition) is 3. The lowest BCUT2D eigenvalue weighted by Crippen LogP contribution is -2.23. The SMILES string of the molecule is CC1(c2ccccc2Nc2ccccc2Cl)OCCO1. The lowest BCUT2D eigenvalue weighted by atomic mass is 10.0. The van der Waals surface area contributed by atoms with Gasteiger partial charge in [-0.1, -0.05) is 41.9 Å². The van der Waals surface area contributed by atoms with Gasteiger partial charge in [-0.25, -0.2) is 0 Å². The zero-order chi connectivity index (χ0) is 14.0. The highest BCUT2D eigenvalue weighted by Gasteiger charge is 2.35. The molecule has 0 spiro atoms. The van der Waals surface area contributed by atoms with Gasteiger partial charge in [0.05, 0.1) is 23.9 Å². The van der Waals surface area contributed by atoms with Crippen molar-refractivity contribution in [3.8, 4) is 0 Å². The summed E-state index contributed by atoms with van der Waals surface area (Å²) in [7, 11) is 0. The fourth-order valence-corrected chi connectivity index (χ4v) is 2.55. The lowest BCUT2D eigenvalue weighted by molar-refractivity contribution is -0.149. The van der Waals surface area contributed by atoms with Crippen molar-refractivity contribution >= 4 is 23.0 Å². The van der Waals surface area contributed by atoms with Gasteiger partial charge in [0.25, 0.3) is 0 Å². The Hall–Kier alpha value is -1.55. The third-order valence-corrected chi connectivity index (χ3v) is 3.73. The predicted molar refractivity (Wildman–Crippen MR) is 80.4 cm³/mol.